The molecule has 2 heterocycles. The van der Waals surface area contributed by atoms with Crippen LogP contribution in [0.25, 0.3) is 11.3 Å². The van der Waals surface area contributed by atoms with Crippen LogP contribution in [0.15, 0.2) is 30.5 Å². The molecule has 0 saturated heterocycles. The van der Waals surface area contributed by atoms with Gasteiger partial charge in [0.25, 0.3) is 0 Å². The minimum absolute atomic E-state index is 0.00764. The fourth-order valence-electron chi connectivity index (χ4n) is 2.39. The zero-order chi connectivity index (χ0) is 16.4. The van der Waals surface area contributed by atoms with E-state index >= 15 is 0 Å². The molecule has 7 heteroatoms. The molecule has 3 rings (SSSR count). The first-order valence-corrected chi connectivity index (χ1v) is 7.14. The Morgan fingerprint density at radius 2 is 1.87 bits per heavy atom. The van der Waals surface area contributed by atoms with Crippen LogP contribution >= 0.6 is 0 Å². The van der Waals surface area contributed by atoms with Gasteiger partial charge in [-0.2, -0.15) is 15.4 Å². The minimum atomic E-state index is 0.00764. The number of aromatic amines is 1. The van der Waals surface area contributed by atoms with E-state index < -0.39 is 0 Å². The van der Waals surface area contributed by atoms with E-state index in [9.17, 15) is 10.2 Å². The van der Waals surface area contributed by atoms with Crippen molar-refractivity contribution in [3.8, 4) is 22.8 Å². The van der Waals surface area contributed by atoms with Gasteiger partial charge in [-0.15, -0.1) is 0 Å². The van der Waals surface area contributed by atoms with Gasteiger partial charge in [-0.25, -0.2) is 0 Å². The van der Waals surface area contributed by atoms with Crippen molar-refractivity contribution >= 4 is 5.69 Å². The number of aryl methyl sites for hydroxylation is 2. The molecule has 0 unspecified atom stereocenters. The zero-order valence-corrected chi connectivity index (χ0v) is 12.8. The Balaban J connectivity index is 1.83. The Morgan fingerprint density at radius 1 is 1.13 bits per heavy atom. The monoisotopic (exact) mass is 311 g/mol. The summed E-state index contributed by atoms with van der Waals surface area (Å²) in [6.45, 7) is 3.69. The predicted octanol–water partition coefficient (Wildman–Crippen LogP) is 2.51. The van der Waals surface area contributed by atoms with E-state index in [1.54, 1.807) is 20.0 Å². The average molecular weight is 311 g/mol. The second-order valence-electron chi connectivity index (χ2n) is 5.25. The van der Waals surface area contributed by atoms with E-state index in [0.717, 1.165) is 16.9 Å². The van der Waals surface area contributed by atoms with Crippen molar-refractivity contribution in [3.05, 3.63) is 47.4 Å². The van der Waals surface area contributed by atoms with Gasteiger partial charge in [0.2, 0.25) is 0 Å². The maximum absolute atomic E-state index is 10.1. The summed E-state index contributed by atoms with van der Waals surface area (Å²) in [6, 6.07) is 7.65. The van der Waals surface area contributed by atoms with Crippen molar-refractivity contribution in [2.24, 2.45) is 0 Å². The summed E-state index contributed by atoms with van der Waals surface area (Å²) in [7, 11) is 0. The van der Waals surface area contributed by atoms with Crippen LogP contribution in [0.4, 0.5) is 5.69 Å². The minimum Gasteiger partial charge on any atom is -0.506 e. The number of hydrogen-bond donors (Lipinski definition) is 4. The molecule has 0 aliphatic rings. The number of nitrogens with zero attached hydrogens (tertiary/aromatic N) is 3. The van der Waals surface area contributed by atoms with Crippen LogP contribution in [0.1, 0.15) is 17.0 Å². The standard InChI is InChI=1S/C16H17N5O2/c1-9-15(22)13(16(23)10(2)19-9)7-17-12-5-3-4-11(6-12)14-8-18-21-20-14/h3-6,8,17,22-23H,7H2,1-2H3,(H,18,20,21). The fraction of sp³-hybridized carbons (Fsp3) is 0.188. The van der Waals surface area contributed by atoms with Crippen molar-refractivity contribution in [1.29, 1.82) is 0 Å². The topological polar surface area (TPSA) is 107 Å². The Bertz CT molecular complexity index is 804. The van der Waals surface area contributed by atoms with Crippen molar-refractivity contribution < 1.29 is 10.2 Å². The highest BCUT2D eigenvalue weighted by molar-refractivity contribution is 5.64. The van der Waals surface area contributed by atoms with Gasteiger partial charge in [0.15, 0.2) is 0 Å². The number of anilines is 1. The Morgan fingerprint density at radius 3 is 2.52 bits per heavy atom. The van der Waals surface area contributed by atoms with Crippen LogP contribution in [0, 0.1) is 13.8 Å². The summed E-state index contributed by atoms with van der Waals surface area (Å²) in [5.74, 6) is 0.0153. The van der Waals surface area contributed by atoms with Crippen LogP contribution in [-0.4, -0.2) is 30.6 Å². The highest BCUT2D eigenvalue weighted by Gasteiger charge is 2.14. The molecule has 0 bridgehead atoms. The Kier molecular flexibility index (Phi) is 3.84. The normalized spacial score (nSPS) is 10.7. The third kappa shape index (κ3) is 2.94. The van der Waals surface area contributed by atoms with Crippen molar-refractivity contribution in [2.75, 3.05) is 5.32 Å². The number of pyridine rings is 1. The first-order chi connectivity index (χ1) is 11.1. The van der Waals surface area contributed by atoms with Crippen LogP contribution < -0.4 is 5.32 Å². The highest BCUT2D eigenvalue weighted by atomic mass is 16.3. The molecular weight excluding hydrogens is 294 g/mol. The van der Waals surface area contributed by atoms with E-state index in [1.807, 2.05) is 24.3 Å². The summed E-state index contributed by atoms with van der Waals surface area (Å²) in [5, 5.41) is 33.8. The average Bonchev–Trinajstić information content (AvgIpc) is 3.08. The quantitative estimate of drug-likeness (QED) is 0.590. The molecule has 0 amide bonds. The number of aromatic hydroxyl groups is 2. The van der Waals surface area contributed by atoms with Crippen LogP contribution in [0.3, 0.4) is 0 Å². The van der Waals surface area contributed by atoms with Crippen LogP contribution in [0.2, 0.25) is 0 Å². The van der Waals surface area contributed by atoms with E-state index in [1.165, 1.54) is 0 Å². The summed E-state index contributed by atoms with van der Waals surface area (Å²) < 4.78 is 0. The number of aromatic nitrogens is 4. The molecule has 0 aliphatic carbocycles. The van der Waals surface area contributed by atoms with Crippen molar-refractivity contribution in [1.82, 2.24) is 20.4 Å². The van der Waals surface area contributed by atoms with Gasteiger partial charge in [-0.05, 0) is 26.0 Å². The SMILES string of the molecule is Cc1nc(C)c(O)c(CNc2cccc(-c3cn[nH]n3)c2)c1O. The van der Waals surface area contributed by atoms with Crippen molar-refractivity contribution in [3.63, 3.8) is 0 Å². The molecule has 0 radical (unpaired) electrons. The molecule has 0 fully saturated rings. The first-order valence-electron chi connectivity index (χ1n) is 7.14. The molecule has 23 heavy (non-hydrogen) atoms. The lowest BCUT2D eigenvalue weighted by atomic mass is 10.1. The summed E-state index contributed by atoms with van der Waals surface area (Å²) >= 11 is 0. The molecule has 0 spiro atoms. The molecule has 1 aromatic carbocycles. The molecular formula is C16H17N5O2. The van der Waals surface area contributed by atoms with Gasteiger partial charge < -0.3 is 15.5 Å². The lowest BCUT2D eigenvalue weighted by Gasteiger charge is -2.13. The van der Waals surface area contributed by atoms with Crippen molar-refractivity contribution in [2.45, 2.75) is 20.4 Å². The number of H-pyrrole nitrogens is 1. The second kappa shape index (κ2) is 5.96. The van der Waals surface area contributed by atoms with Gasteiger partial charge in [0.1, 0.15) is 17.2 Å². The maximum Gasteiger partial charge on any atom is 0.145 e. The highest BCUT2D eigenvalue weighted by Crippen LogP contribution is 2.32. The lowest BCUT2D eigenvalue weighted by molar-refractivity contribution is 0.428. The Labute approximate surface area is 133 Å². The molecule has 118 valence electrons. The molecule has 3 aromatic rings. The number of rotatable bonds is 4. The van der Waals surface area contributed by atoms with Gasteiger partial charge in [-0.3, -0.25) is 4.98 Å². The van der Waals surface area contributed by atoms with Crippen LogP contribution in [0.5, 0.6) is 11.5 Å². The smallest absolute Gasteiger partial charge is 0.145 e. The molecule has 4 N–H and O–H groups in total. The summed E-state index contributed by atoms with van der Waals surface area (Å²) in [5.41, 5.74) is 3.93. The summed E-state index contributed by atoms with van der Waals surface area (Å²) in [6.07, 6.45) is 1.65. The third-order valence-electron chi connectivity index (χ3n) is 3.64. The lowest BCUT2D eigenvalue weighted by Crippen LogP contribution is -2.03. The van der Waals surface area contributed by atoms with E-state index in [2.05, 4.69) is 25.7 Å². The maximum atomic E-state index is 10.1. The molecule has 7 nitrogen and oxygen atoms in total. The molecule has 0 atom stereocenters. The first kappa shape index (κ1) is 14.8. The molecule has 0 aliphatic heterocycles. The van der Waals surface area contributed by atoms with Gasteiger partial charge in [0.05, 0.1) is 23.1 Å². The Hall–Kier alpha value is -3.09. The van der Waals surface area contributed by atoms with Crippen LogP contribution in [-0.2, 0) is 6.54 Å². The van der Waals surface area contributed by atoms with Gasteiger partial charge in [0, 0.05) is 17.8 Å². The number of benzene rings is 1. The predicted molar refractivity (Wildman–Crippen MR) is 86.2 cm³/mol. The fourth-order valence-corrected chi connectivity index (χ4v) is 2.39. The number of hydrogen-bond acceptors (Lipinski definition) is 6. The van der Waals surface area contributed by atoms with Gasteiger partial charge >= 0.3 is 0 Å². The number of nitrogens with one attached hydrogen (secondary N) is 2. The van der Waals surface area contributed by atoms with Gasteiger partial charge in [-0.1, -0.05) is 12.1 Å². The van der Waals surface area contributed by atoms with E-state index in [-0.39, 0.29) is 18.0 Å². The van der Waals surface area contributed by atoms with E-state index in [4.69, 9.17) is 0 Å². The van der Waals surface area contributed by atoms with E-state index in [0.29, 0.717) is 17.0 Å². The molecule has 2 aromatic heterocycles. The largest absolute Gasteiger partial charge is 0.506 e. The third-order valence-corrected chi connectivity index (χ3v) is 3.64. The zero-order valence-electron chi connectivity index (χ0n) is 12.8. The second-order valence-corrected chi connectivity index (χ2v) is 5.25. The molecule has 0 saturated carbocycles. The summed E-state index contributed by atoms with van der Waals surface area (Å²) in [4.78, 5) is 4.09.